The van der Waals surface area contributed by atoms with Crippen molar-refractivity contribution in [3.8, 4) is 11.5 Å². The van der Waals surface area contributed by atoms with Gasteiger partial charge in [-0.3, -0.25) is 5.10 Å². The molecule has 2 heterocycles. The number of H-pyrrole nitrogens is 1. The average Bonchev–Trinajstić information content (AvgIpc) is 3.07. The fourth-order valence-electron chi connectivity index (χ4n) is 3.02. The number of rotatable bonds is 3. The number of aromatic nitrogens is 4. The average molecular weight is 275 g/mol. The lowest BCUT2D eigenvalue weighted by atomic mass is 9.77. The highest BCUT2D eigenvalue weighted by Gasteiger charge is 2.27. The molecule has 108 valence electrons. The summed E-state index contributed by atoms with van der Waals surface area (Å²) in [6.45, 7) is 4.61. The molecule has 2 aromatic heterocycles. The van der Waals surface area contributed by atoms with Crippen LogP contribution < -0.4 is 5.73 Å². The number of nitrogens with one attached hydrogen (secondary N) is 1. The van der Waals surface area contributed by atoms with Crippen LogP contribution in [0.15, 0.2) is 10.7 Å². The Hall–Kier alpha value is -1.85. The van der Waals surface area contributed by atoms with Crippen molar-refractivity contribution < 1.29 is 4.52 Å². The van der Waals surface area contributed by atoms with Crippen LogP contribution in [0.3, 0.4) is 0 Å². The first-order valence-electron chi connectivity index (χ1n) is 7.28. The molecule has 1 fully saturated rings. The molecular weight excluding hydrogens is 254 g/mol. The number of aromatic amines is 1. The smallest absolute Gasteiger partial charge is 0.263 e. The van der Waals surface area contributed by atoms with Gasteiger partial charge in [-0.2, -0.15) is 10.1 Å². The van der Waals surface area contributed by atoms with E-state index < -0.39 is 0 Å². The number of nitrogens with zero attached hydrogens (tertiary/aromatic N) is 3. The topological polar surface area (TPSA) is 93.6 Å². The van der Waals surface area contributed by atoms with E-state index in [0.29, 0.717) is 23.2 Å². The summed E-state index contributed by atoms with van der Waals surface area (Å²) in [5, 5.41) is 10.7. The van der Waals surface area contributed by atoms with Gasteiger partial charge in [-0.05, 0) is 37.5 Å². The molecule has 1 aliphatic rings. The Kier molecular flexibility index (Phi) is 3.46. The van der Waals surface area contributed by atoms with Gasteiger partial charge >= 0.3 is 0 Å². The fraction of sp³-hybridized carbons (Fsp3) is 0.643. The molecule has 3 rings (SSSR count). The summed E-state index contributed by atoms with van der Waals surface area (Å²) in [5.74, 6) is 3.74. The second-order valence-electron chi connectivity index (χ2n) is 6.01. The first-order valence-corrected chi connectivity index (χ1v) is 7.28. The van der Waals surface area contributed by atoms with E-state index in [4.69, 9.17) is 10.3 Å². The molecule has 6 heteroatoms. The van der Waals surface area contributed by atoms with E-state index in [1.54, 1.807) is 6.20 Å². The first kappa shape index (κ1) is 13.1. The van der Waals surface area contributed by atoms with Crippen molar-refractivity contribution in [2.24, 2.45) is 11.8 Å². The Morgan fingerprint density at radius 2 is 2.05 bits per heavy atom. The zero-order chi connectivity index (χ0) is 14.1. The molecule has 3 N–H and O–H groups in total. The summed E-state index contributed by atoms with van der Waals surface area (Å²) in [4.78, 5) is 4.49. The van der Waals surface area contributed by atoms with Crippen molar-refractivity contribution in [1.82, 2.24) is 20.3 Å². The third-order valence-electron chi connectivity index (χ3n) is 4.42. The lowest BCUT2D eigenvalue weighted by Crippen LogP contribution is -2.18. The maximum atomic E-state index is 5.77. The van der Waals surface area contributed by atoms with Crippen molar-refractivity contribution >= 4 is 5.82 Å². The van der Waals surface area contributed by atoms with Crippen molar-refractivity contribution in [1.29, 1.82) is 0 Å². The first-order chi connectivity index (χ1) is 9.65. The number of nitrogens with two attached hydrogens (primary N) is 1. The quantitative estimate of drug-likeness (QED) is 0.898. The lowest BCUT2D eigenvalue weighted by Gasteiger charge is -2.29. The second-order valence-corrected chi connectivity index (χ2v) is 6.01. The predicted octanol–water partition coefficient (Wildman–Crippen LogP) is 2.97. The second kappa shape index (κ2) is 5.26. The van der Waals surface area contributed by atoms with E-state index in [1.165, 1.54) is 12.8 Å². The van der Waals surface area contributed by atoms with Gasteiger partial charge in [0.05, 0.1) is 6.20 Å². The molecule has 0 amide bonds. The number of nitrogen functional groups attached to an aromatic ring is 1. The van der Waals surface area contributed by atoms with Crippen LogP contribution in [0.5, 0.6) is 0 Å². The Bertz CT molecular complexity index is 566. The molecule has 1 saturated carbocycles. The SMILES string of the molecule is CC(C)C1CCC(c2noc(-c3cn[nH]c3N)n2)CC1. The van der Waals surface area contributed by atoms with E-state index >= 15 is 0 Å². The maximum absolute atomic E-state index is 5.77. The van der Waals surface area contributed by atoms with Gasteiger partial charge in [0.1, 0.15) is 11.4 Å². The van der Waals surface area contributed by atoms with Crippen LogP contribution in [0.25, 0.3) is 11.5 Å². The minimum absolute atomic E-state index is 0.413. The molecule has 0 unspecified atom stereocenters. The molecule has 6 nitrogen and oxygen atoms in total. The highest BCUT2D eigenvalue weighted by atomic mass is 16.5. The van der Waals surface area contributed by atoms with E-state index in [-0.39, 0.29) is 0 Å². The van der Waals surface area contributed by atoms with E-state index in [9.17, 15) is 0 Å². The van der Waals surface area contributed by atoms with Crippen molar-refractivity contribution in [3.63, 3.8) is 0 Å². The molecule has 0 aromatic carbocycles. The van der Waals surface area contributed by atoms with E-state index in [2.05, 4.69) is 34.2 Å². The Labute approximate surface area is 118 Å². The van der Waals surface area contributed by atoms with Gasteiger partial charge < -0.3 is 10.3 Å². The summed E-state index contributed by atoms with van der Waals surface area (Å²) in [6, 6.07) is 0. The minimum Gasteiger partial charge on any atom is -0.383 e. The molecular formula is C14H21N5O. The van der Waals surface area contributed by atoms with Crippen LogP contribution in [-0.2, 0) is 0 Å². The normalized spacial score (nSPS) is 23.4. The standard InChI is InChI=1S/C14H21N5O/c1-8(2)9-3-5-10(6-4-9)13-17-14(20-19-13)11-7-16-18-12(11)15/h7-10H,3-6H2,1-2H3,(H3,15,16,18). The van der Waals surface area contributed by atoms with E-state index in [1.807, 2.05) is 0 Å². The molecule has 20 heavy (non-hydrogen) atoms. The molecule has 0 bridgehead atoms. The third-order valence-corrected chi connectivity index (χ3v) is 4.42. The van der Waals surface area contributed by atoms with Gasteiger partial charge in [-0.25, -0.2) is 0 Å². The highest BCUT2D eigenvalue weighted by Crippen LogP contribution is 2.38. The maximum Gasteiger partial charge on any atom is 0.263 e. The van der Waals surface area contributed by atoms with Crippen molar-refractivity contribution in [2.75, 3.05) is 5.73 Å². The molecule has 0 spiro atoms. The summed E-state index contributed by atoms with van der Waals surface area (Å²) >= 11 is 0. The fourth-order valence-corrected chi connectivity index (χ4v) is 3.02. The number of hydrogen-bond acceptors (Lipinski definition) is 5. The summed E-state index contributed by atoms with van der Waals surface area (Å²) in [5.41, 5.74) is 6.45. The molecule has 0 saturated heterocycles. The Morgan fingerprint density at radius 1 is 1.30 bits per heavy atom. The van der Waals surface area contributed by atoms with Gasteiger partial charge in [-0.1, -0.05) is 19.0 Å². The summed E-state index contributed by atoms with van der Waals surface area (Å²) in [7, 11) is 0. The van der Waals surface area contributed by atoms with Crippen molar-refractivity contribution in [3.05, 3.63) is 12.0 Å². The monoisotopic (exact) mass is 275 g/mol. The zero-order valence-electron chi connectivity index (χ0n) is 12.0. The van der Waals surface area contributed by atoms with Crippen LogP contribution in [0.4, 0.5) is 5.82 Å². The molecule has 2 aromatic rings. The number of hydrogen-bond donors (Lipinski definition) is 2. The van der Waals surface area contributed by atoms with Gasteiger partial charge in [0.25, 0.3) is 5.89 Å². The van der Waals surface area contributed by atoms with Crippen LogP contribution >= 0.6 is 0 Å². The third kappa shape index (κ3) is 2.42. The predicted molar refractivity (Wildman–Crippen MR) is 75.8 cm³/mol. The Balaban J connectivity index is 1.71. The van der Waals surface area contributed by atoms with Gasteiger partial charge in [0.15, 0.2) is 5.82 Å². The van der Waals surface area contributed by atoms with Gasteiger partial charge in [0.2, 0.25) is 0 Å². The Morgan fingerprint density at radius 3 is 2.65 bits per heavy atom. The molecule has 1 aliphatic carbocycles. The van der Waals surface area contributed by atoms with Crippen LogP contribution in [0.2, 0.25) is 0 Å². The largest absolute Gasteiger partial charge is 0.383 e. The van der Waals surface area contributed by atoms with E-state index in [0.717, 1.165) is 30.5 Å². The summed E-state index contributed by atoms with van der Waals surface area (Å²) in [6.07, 6.45) is 6.40. The minimum atomic E-state index is 0.413. The molecule has 0 aliphatic heterocycles. The summed E-state index contributed by atoms with van der Waals surface area (Å²) < 4.78 is 5.32. The van der Waals surface area contributed by atoms with Gasteiger partial charge in [0, 0.05) is 5.92 Å². The van der Waals surface area contributed by atoms with Gasteiger partial charge in [-0.15, -0.1) is 0 Å². The van der Waals surface area contributed by atoms with Crippen LogP contribution in [0.1, 0.15) is 51.3 Å². The molecule has 0 radical (unpaired) electrons. The zero-order valence-corrected chi connectivity index (χ0v) is 12.0. The van der Waals surface area contributed by atoms with Crippen molar-refractivity contribution in [2.45, 2.75) is 45.4 Å². The molecule has 0 atom stereocenters. The lowest BCUT2D eigenvalue weighted by molar-refractivity contribution is 0.252. The number of anilines is 1. The van der Waals surface area contributed by atoms with Crippen LogP contribution in [0, 0.1) is 11.8 Å². The van der Waals surface area contributed by atoms with Crippen LogP contribution in [-0.4, -0.2) is 20.3 Å². The highest BCUT2D eigenvalue weighted by molar-refractivity contribution is 5.65.